The molecule has 2 N–H and O–H groups in total. The maximum atomic E-state index is 12.7. The molecule has 4 rings (SSSR count). The van der Waals surface area contributed by atoms with E-state index in [1.54, 1.807) is 12.1 Å². The first-order chi connectivity index (χ1) is 13.4. The fraction of sp³-hybridized carbons (Fsp3) is 0.409. The van der Waals surface area contributed by atoms with Gasteiger partial charge >= 0.3 is 0 Å². The van der Waals surface area contributed by atoms with E-state index in [1.165, 1.54) is 6.20 Å². The number of anilines is 1. The Morgan fingerprint density at radius 2 is 2.04 bits per heavy atom. The van der Waals surface area contributed by atoms with Crippen molar-refractivity contribution < 1.29 is 14.8 Å². The van der Waals surface area contributed by atoms with E-state index in [-0.39, 0.29) is 17.2 Å². The van der Waals surface area contributed by atoms with Gasteiger partial charge in [-0.1, -0.05) is 19.9 Å². The molecule has 28 heavy (non-hydrogen) atoms. The van der Waals surface area contributed by atoms with Crippen molar-refractivity contribution in [1.82, 2.24) is 10.3 Å². The Hall–Kier alpha value is -2.73. The number of nitrogens with zero attached hydrogens (tertiary/aromatic N) is 2. The van der Waals surface area contributed by atoms with Gasteiger partial charge in [0.2, 0.25) is 5.91 Å². The number of benzene rings is 1. The van der Waals surface area contributed by atoms with Crippen molar-refractivity contribution in [2.45, 2.75) is 45.4 Å². The minimum absolute atomic E-state index is 0.150. The maximum absolute atomic E-state index is 12.7. The lowest BCUT2D eigenvalue weighted by Crippen LogP contribution is -2.36. The summed E-state index contributed by atoms with van der Waals surface area (Å²) in [5, 5.41) is 14.0. The summed E-state index contributed by atoms with van der Waals surface area (Å²) in [6, 6.07) is 9.00. The van der Waals surface area contributed by atoms with Gasteiger partial charge in [-0.05, 0) is 67.0 Å². The SMILES string of the molecule is CC(C)c1ccc(N(O)C(=O)c2ccc3c(c2)CC[C@]2(CCNC2=O)C3)cn1. The second kappa shape index (κ2) is 7.02. The smallest absolute Gasteiger partial charge is 0.282 e. The topological polar surface area (TPSA) is 82.5 Å². The third-order valence-electron chi connectivity index (χ3n) is 6.02. The lowest BCUT2D eigenvalue weighted by Gasteiger charge is -2.32. The highest BCUT2D eigenvalue weighted by molar-refractivity contribution is 6.04. The van der Waals surface area contributed by atoms with Crippen molar-refractivity contribution >= 4 is 17.5 Å². The number of aromatic nitrogens is 1. The van der Waals surface area contributed by atoms with E-state index in [0.29, 0.717) is 22.7 Å². The highest BCUT2D eigenvalue weighted by Crippen LogP contribution is 2.41. The van der Waals surface area contributed by atoms with Crippen molar-refractivity contribution in [3.05, 3.63) is 58.9 Å². The number of amides is 2. The van der Waals surface area contributed by atoms with Gasteiger partial charge in [0, 0.05) is 17.8 Å². The molecule has 6 heteroatoms. The number of hydrogen-bond donors (Lipinski definition) is 2. The Kier molecular flexibility index (Phi) is 4.67. The minimum atomic E-state index is -0.485. The summed E-state index contributed by atoms with van der Waals surface area (Å²) >= 11 is 0. The molecule has 1 saturated heterocycles. The largest absolute Gasteiger partial charge is 0.356 e. The molecule has 2 aromatic rings. The fourth-order valence-corrected chi connectivity index (χ4v) is 4.22. The van der Waals surface area contributed by atoms with Crippen LogP contribution in [0.15, 0.2) is 36.5 Å². The van der Waals surface area contributed by atoms with Crippen LogP contribution in [0.1, 0.15) is 59.8 Å². The van der Waals surface area contributed by atoms with Crippen LogP contribution in [0.4, 0.5) is 5.69 Å². The van der Waals surface area contributed by atoms with Crippen molar-refractivity contribution in [2.75, 3.05) is 11.6 Å². The number of rotatable bonds is 3. The first-order valence-electron chi connectivity index (χ1n) is 9.79. The van der Waals surface area contributed by atoms with Crippen LogP contribution >= 0.6 is 0 Å². The lowest BCUT2D eigenvalue weighted by atomic mass is 9.70. The zero-order valence-electron chi connectivity index (χ0n) is 16.2. The highest BCUT2D eigenvalue weighted by Gasteiger charge is 2.44. The first-order valence-corrected chi connectivity index (χ1v) is 9.79. The number of hydrogen-bond acceptors (Lipinski definition) is 4. The number of carbonyl (C=O) groups excluding carboxylic acids is 2. The molecule has 0 saturated carbocycles. The molecule has 0 radical (unpaired) electrons. The van der Waals surface area contributed by atoms with E-state index in [2.05, 4.69) is 10.3 Å². The number of pyridine rings is 1. The molecule has 1 atom stereocenters. The number of aryl methyl sites for hydroxylation is 1. The molecule has 6 nitrogen and oxygen atoms in total. The van der Waals surface area contributed by atoms with E-state index in [0.717, 1.165) is 42.6 Å². The van der Waals surface area contributed by atoms with Gasteiger partial charge in [-0.15, -0.1) is 0 Å². The predicted molar refractivity (Wildman–Crippen MR) is 105 cm³/mol. The summed E-state index contributed by atoms with van der Waals surface area (Å²) in [4.78, 5) is 29.3. The number of carbonyl (C=O) groups is 2. The average molecular weight is 379 g/mol. The summed E-state index contributed by atoms with van der Waals surface area (Å²) in [6.45, 7) is 4.82. The van der Waals surface area contributed by atoms with Crippen molar-refractivity contribution in [2.24, 2.45) is 5.41 Å². The quantitative estimate of drug-likeness (QED) is 0.634. The second-order valence-electron chi connectivity index (χ2n) is 8.16. The summed E-state index contributed by atoms with van der Waals surface area (Å²) in [7, 11) is 0. The molecule has 1 aliphatic heterocycles. The Morgan fingerprint density at radius 3 is 2.68 bits per heavy atom. The van der Waals surface area contributed by atoms with Crippen LogP contribution in [0, 0.1) is 5.41 Å². The van der Waals surface area contributed by atoms with Gasteiger partial charge in [-0.2, -0.15) is 5.06 Å². The summed E-state index contributed by atoms with van der Waals surface area (Å²) in [5.41, 5.74) is 3.59. The monoisotopic (exact) mass is 379 g/mol. The van der Waals surface area contributed by atoms with Gasteiger partial charge in [-0.25, -0.2) is 0 Å². The normalized spacial score (nSPS) is 20.9. The van der Waals surface area contributed by atoms with Gasteiger partial charge in [0.15, 0.2) is 0 Å². The Labute approximate surface area is 164 Å². The van der Waals surface area contributed by atoms with E-state index in [9.17, 15) is 14.8 Å². The third kappa shape index (κ3) is 3.18. The van der Waals surface area contributed by atoms with Crippen molar-refractivity contribution in [3.8, 4) is 0 Å². The van der Waals surface area contributed by atoms with Gasteiger partial charge < -0.3 is 5.32 Å². The Balaban J connectivity index is 1.54. The molecule has 1 aliphatic carbocycles. The summed E-state index contributed by atoms with van der Waals surface area (Å²) in [6.07, 6.45) is 4.66. The standard InChI is InChI=1S/C22H25N3O3/c1-14(2)19-6-5-18(13-24-19)25(28)20(26)16-3-4-17-12-22(8-7-15(17)11-16)9-10-23-21(22)27/h3-6,11,13-14,28H,7-10,12H2,1-2H3,(H,23,27)/t22-/m0/s1. The van der Waals surface area contributed by atoms with Crippen molar-refractivity contribution in [1.29, 1.82) is 0 Å². The van der Waals surface area contributed by atoms with Crippen LogP contribution in [0.3, 0.4) is 0 Å². The molecule has 146 valence electrons. The lowest BCUT2D eigenvalue weighted by molar-refractivity contribution is -0.128. The summed E-state index contributed by atoms with van der Waals surface area (Å²) < 4.78 is 0. The van der Waals surface area contributed by atoms with Crippen LogP contribution in [0.5, 0.6) is 0 Å². The second-order valence-corrected chi connectivity index (χ2v) is 8.16. The van der Waals surface area contributed by atoms with E-state index < -0.39 is 5.91 Å². The molecular formula is C22H25N3O3. The molecule has 0 bridgehead atoms. The molecule has 2 aliphatic rings. The number of hydroxylamine groups is 1. The molecule has 1 aromatic carbocycles. The van der Waals surface area contributed by atoms with Crippen LogP contribution in [0.25, 0.3) is 0 Å². The van der Waals surface area contributed by atoms with Crippen LogP contribution in [0.2, 0.25) is 0 Å². The summed E-state index contributed by atoms with van der Waals surface area (Å²) in [5.74, 6) is -0.0549. The molecule has 2 amide bonds. The van der Waals surface area contributed by atoms with E-state index >= 15 is 0 Å². The van der Waals surface area contributed by atoms with E-state index in [4.69, 9.17) is 0 Å². The first kappa shape index (κ1) is 18.6. The van der Waals surface area contributed by atoms with Crippen LogP contribution in [-0.2, 0) is 17.6 Å². The zero-order valence-corrected chi connectivity index (χ0v) is 16.2. The molecule has 2 heterocycles. The van der Waals surface area contributed by atoms with Gasteiger partial charge in [0.05, 0.1) is 17.3 Å². The number of fused-ring (bicyclic) bond motifs is 1. The fourth-order valence-electron chi connectivity index (χ4n) is 4.22. The van der Waals surface area contributed by atoms with E-state index in [1.807, 2.05) is 32.0 Å². The third-order valence-corrected chi connectivity index (χ3v) is 6.02. The molecule has 1 fully saturated rings. The molecule has 1 spiro atoms. The maximum Gasteiger partial charge on any atom is 0.282 e. The Bertz CT molecular complexity index is 923. The molecular weight excluding hydrogens is 354 g/mol. The molecule has 1 aromatic heterocycles. The van der Waals surface area contributed by atoms with Crippen LogP contribution < -0.4 is 10.4 Å². The minimum Gasteiger partial charge on any atom is -0.356 e. The van der Waals surface area contributed by atoms with Gasteiger partial charge in [0.25, 0.3) is 5.91 Å². The van der Waals surface area contributed by atoms with Gasteiger partial charge in [0.1, 0.15) is 0 Å². The van der Waals surface area contributed by atoms with Crippen LogP contribution in [-0.4, -0.2) is 28.6 Å². The average Bonchev–Trinajstić information content (AvgIpc) is 3.06. The Morgan fingerprint density at radius 1 is 1.21 bits per heavy atom. The molecule has 0 unspecified atom stereocenters. The van der Waals surface area contributed by atoms with Crippen molar-refractivity contribution in [3.63, 3.8) is 0 Å². The highest BCUT2D eigenvalue weighted by atomic mass is 16.5. The predicted octanol–water partition coefficient (Wildman–Crippen LogP) is 3.24. The van der Waals surface area contributed by atoms with Gasteiger partial charge in [-0.3, -0.25) is 19.8 Å². The zero-order chi connectivity index (χ0) is 19.9. The number of nitrogens with one attached hydrogen (secondary N) is 1.